The summed E-state index contributed by atoms with van der Waals surface area (Å²) in [5.74, 6) is -0.531. The lowest BCUT2D eigenvalue weighted by atomic mass is 9.76. The highest BCUT2D eigenvalue weighted by Crippen LogP contribution is 2.36. The molecule has 4 nitrogen and oxygen atoms in total. The SMILES string of the molecule is CC(C)=CCCC1=CC[C@@H]2C(=O)NN(c3ccccc3)C(=O)[C@H]2C1. The van der Waals surface area contributed by atoms with E-state index in [9.17, 15) is 9.59 Å². The van der Waals surface area contributed by atoms with Gasteiger partial charge in [-0.1, -0.05) is 41.5 Å². The fraction of sp³-hybridized carbons (Fsp3) is 0.400. The number of hydrogen-bond donors (Lipinski definition) is 1. The normalized spacial score (nSPS) is 23.2. The van der Waals surface area contributed by atoms with E-state index in [1.165, 1.54) is 16.2 Å². The molecule has 1 fully saturated rings. The van der Waals surface area contributed by atoms with Crippen molar-refractivity contribution in [2.45, 2.75) is 39.5 Å². The van der Waals surface area contributed by atoms with Crippen LogP contribution in [0.1, 0.15) is 39.5 Å². The number of amides is 2. The van der Waals surface area contributed by atoms with Crippen molar-refractivity contribution < 1.29 is 9.59 Å². The van der Waals surface area contributed by atoms with Gasteiger partial charge in [0.05, 0.1) is 17.5 Å². The van der Waals surface area contributed by atoms with Gasteiger partial charge in [-0.15, -0.1) is 0 Å². The second-order valence-electron chi connectivity index (χ2n) is 6.82. The number of fused-ring (bicyclic) bond motifs is 1. The van der Waals surface area contributed by atoms with Crippen LogP contribution in [0.15, 0.2) is 53.6 Å². The summed E-state index contributed by atoms with van der Waals surface area (Å²) in [6, 6.07) is 9.31. The standard InChI is InChI=1S/C20H24N2O2/c1-14(2)7-6-8-15-11-12-17-18(13-15)20(24)22(21-19(17)23)16-9-4-3-5-10-16/h3-5,7,9-11,17-18H,6,8,12-13H2,1-2H3,(H,21,23)/t17-,18-/m0/s1. The van der Waals surface area contributed by atoms with Crippen LogP contribution in [0.4, 0.5) is 5.69 Å². The molecule has 4 heteroatoms. The second-order valence-corrected chi connectivity index (χ2v) is 6.82. The molecule has 0 bridgehead atoms. The largest absolute Gasteiger partial charge is 0.273 e. The van der Waals surface area contributed by atoms with Crippen LogP contribution in [0.3, 0.4) is 0 Å². The minimum Gasteiger partial charge on any atom is -0.273 e. The van der Waals surface area contributed by atoms with Crippen LogP contribution in [-0.2, 0) is 9.59 Å². The Balaban J connectivity index is 1.75. The zero-order valence-corrected chi connectivity index (χ0v) is 14.3. The molecule has 2 atom stereocenters. The lowest BCUT2D eigenvalue weighted by Gasteiger charge is -2.39. The van der Waals surface area contributed by atoms with Gasteiger partial charge in [0.1, 0.15) is 0 Å². The van der Waals surface area contributed by atoms with E-state index in [0.717, 1.165) is 18.5 Å². The third-order valence-corrected chi connectivity index (χ3v) is 4.76. The van der Waals surface area contributed by atoms with E-state index in [1.807, 2.05) is 30.3 Å². The summed E-state index contributed by atoms with van der Waals surface area (Å²) >= 11 is 0. The van der Waals surface area contributed by atoms with E-state index in [1.54, 1.807) is 0 Å². The number of hydrazine groups is 1. The average Bonchev–Trinajstić information content (AvgIpc) is 2.58. The number of benzene rings is 1. The number of nitrogens with one attached hydrogen (secondary N) is 1. The number of para-hydroxylation sites is 1. The molecule has 0 saturated carbocycles. The van der Waals surface area contributed by atoms with E-state index in [0.29, 0.717) is 12.8 Å². The summed E-state index contributed by atoms with van der Waals surface area (Å²) in [7, 11) is 0. The van der Waals surface area contributed by atoms with Gasteiger partial charge in [-0.25, -0.2) is 5.01 Å². The maximum absolute atomic E-state index is 12.9. The monoisotopic (exact) mass is 324 g/mol. The molecule has 0 spiro atoms. The molecule has 24 heavy (non-hydrogen) atoms. The van der Waals surface area contributed by atoms with Crippen molar-refractivity contribution in [3.8, 4) is 0 Å². The molecule has 1 aliphatic carbocycles. The number of hydrogen-bond acceptors (Lipinski definition) is 2. The molecule has 126 valence electrons. The third-order valence-electron chi connectivity index (χ3n) is 4.76. The minimum atomic E-state index is -0.245. The fourth-order valence-corrected chi connectivity index (χ4v) is 3.45. The van der Waals surface area contributed by atoms with Crippen molar-refractivity contribution >= 4 is 17.5 Å². The lowest BCUT2D eigenvalue weighted by Crippen LogP contribution is -2.59. The maximum Gasteiger partial charge on any atom is 0.249 e. The first kappa shape index (κ1) is 16.5. The van der Waals surface area contributed by atoms with Crippen LogP contribution in [0.5, 0.6) is 0 Å². The van der Waals surface area contributed by atoms with Gasteiger partial charge in [0.25, 0.3) is 0 Å². The Labute approximate surface area is 143 Å². The van der Waals surface area contributed by atoms with Gasteiger partial charge in [0, 0.05) is 0 Å². The van der Waals surface area contributed by atoms with Gasteiger partial charge in [-0.05, 0) is 51.7 Å². The third kappa shape index (κ3) is 3.42. The smallest absolute Gasteiger partial charge is 0.249 e. The number of allylic oxidation sites excluding steroid dienone is 4. The summed E-state index contributed by atoms with van der Waals surface area (Å²) in [5.41, 5.74) is 6.09. The number of anilines is 1. The van der Waals surface area contributed by atoms with E-state index in [2.05, 4.69) is 31.4 Å². The second kappa shape index (κ2) is 7.04. The van der Waals surface area contributed by atoms with Crippen molar-refractivity contribution in [2.75, 3.05) is 5.01 Å². The predicted octanol–water partition coefficient (Wildman–Crippen LogP) is 3.76. The molecule has 3 rings (SSSR count). The molecule has 1 aliphatic heterocycles. The lowest BCUT2D eigenvalue weighted by molar-refractivity contribution is -0.140. The molecular formula is C20H24N2O2. The number of carbonyl (C=O) groups is 2. The topological polar surface area (TPSA) is 49.4 Å². The van der Waals surface area contributed by atoms with E-state index >= 15 is 0 Å². The Morgan fingerprint density at radius 3 is 2.67 bits per heavy atom. The maximum atomic E-state index is 12.9. The Morgan fingerprint density at radius 1 is 1.21 bits per heavy atom. The quantitative estimate of drug-likeness (QED) is 0.857. The fourth-order valence-electron chi connectivity index (χ4n) is 3.45. The molecule has 0 unspecified atom stereocenters. The van der Waals surface area contributed by atoms with Crippen molar-refractivity contribution in [3.05, 3.63) is 53.6 Å². The van der Waals surface area contributed by atoms with Crippen LogP contribution in [0.25, 0.3) is 0 Å². The van der Waals surface area contributed by atoms with E-state index in [-0.39, 0.29) is 23.7 Å². The first-order valence-corrected chi connectivity index (χ1v) is 8.57. The predicted molar refractivity (Wildman–Crippen MR) is 95.0 cm³/mol. The summed E-state index contributed by atoms with van der Waals surface area (Å²) in [6.07, 6.45) is 7.69. The molecule has 1 aromatic rings. The summed E-state index contributed by atoms with van der Waals surface area (Å²) in [5, 5.41) is 1.42. The number of carbonyl (C=O) groups excluding carboxylic acids is 2. The summed E-state index contributed by atoms with van der Waals surface area (Å²) in [6.45, 7) is 4.19. The molecular weight excluding hydrogens is 300 g/mol. The van der Waals surface area contributed by atoms with Gasteiger partial charge >= 0.3 is 0 Å². The van der Waals surface area contributed by atoms with Crippen molar-refractivity contribution in [3.63, 3.8) is 0 Å². The first-order valence-electron chi connectivity index (χ1n) is 8.57. The van der Waals surface area contributed by atoms with Gasteiger partial charge in [-0.3, -0.25) is 15.0 Å². The van der Waals surface area contributed by atoms with Crippen LogP contribution in [0, 0.1) is 11.8 Å². The summed E-state index contributed by atoms with van der Waals surface area (Å²) < 4.78 is 0. The van der Waals surface area contributed by atoms with Gasteiger partial charge in [0.15, 0.2) is 0 Å². The Morgan fingerprint density at radius 2 is 1.96 bits per heavy atom. The Kier molecular flexibility index (Phi) is 4.84. The van der Waals surface area contributed by atoms with Crippen molar-refractivity contribution in [1.82, 2.24) is 5.43 Å². The summed E-state index contributed by atoms with van der Waals surface area (Å²) in [4.78, 5) is 25.3. The molecule has 0 radical (unpaired) electrons. The van der Waals surface area contributed by atoms with Gasteiger partial charge in [-0.2, -0.15) is 0 Å². The first-order chi connectivity index (χ1) is 11.6. The molecule has 2 amide bonds. The molecule has 2 aliphatic rings. The zero-order chi connectivity index (χ0) is 17.1. The highest BCUT2D eigenvalue weighted by Gasteiger charge is 2.43. The van der Waals surface area contributed by atoms with E-state index < -0.39 is 0 Å². The van der Waals surface area contributed by atoms with Gasteiger partial charge in [0.2, 0.25) is 11.8 Å². The molecule has 1 N–H and O–H groups in total. The van der Waals surface area contributed by atoms with Gasteiger partial charge < -0.3 is 0 Å². The van der Waals surface area contributed by atoms with Crippen LogP contribution in [0.2, 0.25) is 0 Å². The van der Waals surface area contributed by atoms with Crippen LogP contribution < -0.4 is 10.4 Å². The average molecular weight is 324 g/mol. The van der Waals surface area contributed by atoms with Crippen LogP contribution >= 0.6 is 0 Å². The Hall–Kier alpha value is -2.36. The van der Waals surface area contributed by atoms with Crippen molar-refractivity contribution in [1.29, 1.82) is 0 Å². The highest BCUT2D eigenvalue weighted by atomic mass is 16.2. The van der Waals surface area contributed by atoms with E-state index in [4.69, 9.17) is 0 Å². The number of rotatable bonds is 4. The molecule has 0 aromatic heterocycles. The highest BCUT2D eigenvalue weighted by molar-refractivity contribution is 6.04. The molecule has 1 heterocycles. The molecule has 1 aromatic carbocycles. The van der Waals surface area contributed by atoms with Crippen molar-refractivity contribution in [2.24, 2.45) is 11.8 Å². The zero-order valence-electron chi connectivity index (χ0n) is 14.3. The minimum absolute atomic E-state index is 0.00128. The Bertz CT molecular complexity index is 687. The number of nitrogens with zero attached hydrogens (tertiary/aromatic N) is 1. The molecule has 1 saturated heterocycles. The van der Waals surface area contributed by atoms with Crippen LogP contribution in [-0.4, -0.2) is 11.8 Å².